The van der Waals surface area contributed by atoms with Crippen LogP contribution in [0.2, 0.25) is 0 Å². The van der Waals surface area contributed by atoms with Crippen LogP contribution in [0.25, 0.3) is 0 Å². The first-order valence-electron chi connectivity index (χ1n) is 7.41. The lowest BCUT2D eigenvalue weighted by Gasteiger charge is -2.33. The van der Waals surface area contributed by atoms with E-state index in [1.165, 1.54) is 9.80 Å². The van der Waals surface area contributed by atoms with Crippen molar-refractivity contribution < 1.29 is 14.4 Å². The molecule has 1 saturated heterocycles. The molecule has 0 saturated carbocycles. The van der Waals surface area contributed by atoms with Gasteiger partial charge in [0.1, 0.15) is 6.54 Å². The highest BCUT2D eigenvalue weighted by Crippen LogP contribution is 2.12. The molecule has 1 aromatic carbocycles. The van der Waals surface area contributed by atoms with E-state index in [-0.39, 0.29) is 12.5 Å². The summed E-state index contributed by atoms with van der Waals surface area (Å²) < 4.78 is 0. The van der Waals surface area contributed by atoms with Crippen molar-refractivity contribution in [2.24, 2.45) is 0 Å². The fourth-order valence-electron chi connectivity index (χ4n) is 2.47. The monoisotopic (exact) mass is 303 g/mol. The summed E-state index contributed by atoms with van der Waals surface area (Å²) in [6.45, 7) is 5.49. The van der Waals surface area contributed by atoms with Crippen LogP contribution in [-0.2, 0) is 20.9 Å². The molecule has 0 spiro atoms. The smallest absolute Gasteiger partial charge is 0.312 e. The predicted molar refractivity (Wildman–Crippen MR) is 81.9 cm³/mol. The van der Waals surface area contributed by atoms with E-state index in [1.54, 1.807) is 0 Å². The molecule has 0 atom stereocenters. The summed E-state index contributed by atoms with van der Waals surface area (Å²) in [7, 11) is 0. The molecular weight excluding hydrogens is 282 g/mol. The number of hydrogen-bond donors (Lipinski definition) is 1. The largest absolute Gasteiger partial charge is 0.355 e. The number of aryl methyl sites for hydroxylation is 1. The zero-order valence-electron chi connectivity index (χ0n) is 13.0. The molecule has 0 radical (unpaired) electrons. The fourth-order valence-corrected chi connectivity index (χ4v) is 2.47. The quantitative estimate of drug-likeness (QED) is 0.796. The Balaban J connectivity index is 1.97. The normalized spacial score (nSPS) is 15.2. The first-order chi connectivity index (χ1) is 10.5. The van der Waals surface area contributed by atoms with Crippen LogP contribution in [0, 0.1) is 6.92 Å². The van der Waals surface area contributed by atoms with Gasteiger partial charge in [-0.15, -0.1) is 0 Å². The second-order valence-corrected chi connectivity index (χ2v) is 5.40. The molecule has 1 aliphatic rings. The summed E-state index contributed by atoms with van der Waals surface area (Å²) in [6, 6.07) is 7.85. The van der Waals surface area contributed by atoms with Gasteiger partial charge in [-0.3, -0.25) is 14.4 Å². The van der Waals surface area contributed by atoms with Crippen LogP contribution in [0.4, 0.5) is 0 Å². The van der Waals surface area contributed by atoms with E-state index in [0.29, 0.717) is 26.2 Å². The molecule has 3 amide bonds. The van der Waals surface area contributed by atoms with Gasteiger partial charge in [-0.2, -0.15) is 0 Å². The van der Waals surface area contributed by atoms with Crippen molar-refractivity contribution >= 4 is 17.7 Å². The second-order valence-electron chi connectivity index (χ2n) is 5.40. The SMILES string of the molecule is CCNC(=O)CN1CCN(Cc2cccc(C)c2)C(=O)C1=O. The van der Waals surface area contributed by atoms with Crippen molar-refractivity contribution in [2.45, 2.75) is 20.4 Å². The van der Waals surface area contributed by atoms with Gasteiger partial charge >= 0.3 is 11.8 Å². The van der Waals surface area contributed by atoms with Gasteiger partial charge in [0.25, 0.3) is 0 Å². The molecule has 2 rings (SSSR count). The Hall–Kier alpha value is -2.37. The molecule has 6 nitrogen and oxygen atoms in total. The topological polar surface area (TPSA) is 69.7 Å². The zero-order valence-corrected chi connectivity index (χ0v) is 13.0. The zero-order chi connectivity index (χ0) is 16.1. The van der Waals surface area contributed by atoms with E-state index in [2.05, 4.69) is 5.32 Å². The number of nitrogens with zero attached hydrogens (tertiary/aromatic N) is 2. The second kappa shape index (κ2) is 7.06. The molecule has 0 bridgehead atoms. The summed E-state index contributed by atoms with van der Waals surface area (Å²) in [5.41, 5.74) is 2.12. The van der Waals surface area contributed by atoms with Crippen LogP contribution in [0.15, 0.2) is 24.3 Å². The number of hydrogen-bond acceptors (Lipinski definition) is 3. The van der Waals surface area contributed by atoms with E-state index in [0.717, 1.165) is 11.1 Å². The van der Waals surface area contributed by atoms with Gasteiger partial charge in [0.2, 0.25) is 5.91 Å². The first-order valence-corrected chi connectivity index (χ1v) is 7.41. The molecule has 22 heavy (non-hydrogen) atoms. The third-order valence-electron chi connectivity index (χ3n) is 3.56. The van der Waals surface area contributed by atoms with E-state index in [1.807, 2.05) is 38.1 Å². The number of piperazine rings is 1. The molecule has 0 aromatic heterocycles. The van der Waals surface area contributed by atoms with Crippen molar-refractivity contribution in [3.05, 3.63) is 35.4 Å². The number of carbonyl (C=O) groups is 3. The summed E-state index contributed by atoms with van der Waals surface area (Å²) in [4.78, 5) is 38.6. The Morgan fingerprint density at radius 2 is 1.86 bits per heavy atom. The average molecular weight is 303 g/mol. The number of amides is 3. The van der Waals surface area contributed by atoms with Gasteiger partial charge in [-0.25, -0.2) is 0 Å². The maximum atomic E-state index is 12.2. The number of likely N-dealkylation sites (N-methyl/N-ethyl adjacent to an activating group) is 1. The van der Waals surface area contributed by atoms with Crippen molar-refractivity contribution in [1.29, 1.82) is 0 Å². The Morgan fingerprint density at radius 3 is 2.55 bits per heavy atom. The van der Waals surface area contributed by atoms with Gasteiger partial charge in [-0.05, 0) is 19.4 Å². The first kappa shape index (κ1) is 16.0. The molecule has 0 unspecified atom stereocenters. The highest BCUT2D eigenvalue weighted by Gasteiger charge is 2.33. The number of rotatable bonds is 5. The molecule has 118 valence electrons. The molecule has 6 heteroatoms. The minimum atomic E-state index is -0.606. The van der Waals surface area contributed by atoms with E-state index < -0.39 is 11.8 Å². The summed E-state index contributed by atoms with van der Waals surface area (Å²) in [5, 5.41) is 2.63. The molecule has 1 fully saturated rings. The van der Waals surface area contributed by atoms with Crippen molar-refractivity contribution in [3.63, 3.8) is 0 Å². The third kappa shape index (κ3) is 3.84. The summed E-state index contributed by atoms with van der Waals surface area (Å²) in [5.74, 6) is -1.39. The minimum absolute atomic E-state index is 0.0588. The number of carbonyl (C=O) groups excluding carboxylic acids is 3. The highest BCUT2D eigenvalue weighted by atomic mass is 16.2. The molecule has 1 heterocycles. The summed E-state index contributed by atoms with van der Waals surface area (Å²) >= 11 is 0. The van der Waals surface area contributed by atoms with Gasteiger partial charge in [-0.1, -0.05) is 29.8 Å². The van der Waals surface area contributed by atoms with Gasteiger partial charge in [0.15, 0.2) is 0 Å². The van der Waals surface area contributed by atoms with Crippen molar-refractivity contribution in [3.8, 4) is 0 Å². The maximum Gasteiger partial charge on any atom is 0.312 e. The minimum Gasteiger partial charge on any atom is -0.355 e. The molecule has 0 aliphatic carbocycles. The van der Waals surface area contributed by atoms with Crippen molar-refractivity contribution in [1.82, 2.24) is 15.1 Å². The lowest BCUT2D eigenvalue weighted by molar-refractivity contribution is -0.157. The average Bonchev–Trinajstić information content (AvgIpc) is 2.47. The van der Waals surface area contributed by atoms with Crippen LogP contribution in [-0.4, -0.2) is 53.7 Å². The molecule has 1 N–H and O–H groups in total. The van der Waals surface area contributed by atoms with E-state index in [9.17, 15) is 14.4 Å². The van der Waals surface area contributed by atoms with Crippen molar-refractivity contribution in [2.75, 3.05) is 26.2 Å². The maximum absolute atomic E-state index is 12.2. The van der Waals surface area contributed by atoms with Crippen LogP contribution in [0.1, 0.15) is 18.1 Å². The fraction of sp³-hybridized carbons (Fsp3) is 0.438. The lowest BCUT2D eigenvalue weighted by atomic mass is 10.1. The molecule has 1 aromatic rings. The molecular formula is C16H21N3O3. The van der Waals surface area contributed by atoms with Gasteiger partial charge < -0.3 is 15.1 Å². The Morgan fingerprint density at radius 1 is 1.18 bits per heavy atom. The lowest BCUT2D eigenvalue weighted by Crippen LogP contribution is -2.55. The van der Waals surface area contributed by atoms with E-state index >= 15 is 0 Å². The van der Waals surface area contributed by atoms with Crippen LogP contribution >= 0.6 is 0 Å². The van der Waals surface area contributed by atoms with Crippen LogP contribution in [0.5, 0.6) is 0 Å². The highest BCUT2D eigenvalue weighted by molar-refractivity contribution is 6.35. The van der Waals surface area contributed by atoms with Crippen LogP contribution < -0.4 is 5.32 Å². The van der Waals surface area contributed by atoms with Crippen LogP contribution in [0.3, 0.4) is 0 Å². The van der Waals surface area contributed by atoms with Gasteiger partial charge in [0.05, 0.1) is 0 Å². The summed E-state index contributed by atoms with van der Waals surface area (Å²) in [6.07, 6.45) is 0. The standard InChI is InChI=1S/C16H21N3O3/c1-3-17-14(20)11-19-8-7-18(15(21)16(19)22)10-13-6-4-5-12(2)9-13/h4-6,9H,3,7-8,10-11H2,1-2H3,(H,17,20). The third-order valence-corrected chi connectivity index (χ3v) is 3.56. The Bertz CT molecular complexity index is 586. The Labute approximate surface area is 130 Å². The number of benzene rings is 1. The van der Waals surface area contributed by atoms with E-state index in [4.69, 9.17) is 0 Å². The number of nitrogens with one attached hydrogen (secondary N) is 1. The molecule has 1 aliphatic heterocycles. The predicted octanol–water partition coefficient (Wildman–Crippen LogP) is 0.302. The van der Waals surface area contributed by atoms with Gasteiger partial charge in [0, 0.05) is 26.2 Å². The Kier molecular flexibility index (Phi) is 5.14.